The van der Waals surface area contributed by atoms with Gasteiger partial charge in [0.15, 0.2) is 0 Å². The monoisotopic (exact) mass is 201 g/mol. The normalized spacial score (nSPS) is 22.8. The highest BCUT2D eigenvalue weighted by molar-refractivity contribution is 7.98. The Labute approximate surface area is 85.1 Å². The minimum atomic E-state index is 0.368. The van der Waals surface area contributed by atoms with Gasteiger partial charge in [-0.25, -0.2) is 0 Å². The second kappa shape index (κ2) is 5.53. The molecule has 0 bridgehead atoms. The van der Waals surface area contributed by atoms with Gasteiger partial charge in [0, 0.05) is 19.5 Å². The third kappa shape index (κ3) is 3.22. The van der Waals surface area contributed by atoms with Gasteiger partial charge in [-0.3, -0.25) is 4.79 Å². The molecule has 0 spiro atoms. The van der Waals surface area contributed by atoms with E-state index in [9.17, 15) is 4.79 Å². The Morgan fingerprint density at radius 1 is 1.62 bits per heavy atom. The summed E-state index contributed by atoms with van der Waals surface area (Å²) in [5, 5.41) is 0. The molecule has 1 unspecified atom stereocenters. The maximum Gasteiger partial charge on any atom is 0.222 e. The van der Waals surface area contributed by atoms with Gasteiger partial charge in [-0.05, 0) is 24.3 Å². The number of hydrogen-bond acceptors (Lipinski definition) is 2. The average molecular weight is 201 g/mol. The van der Waals surface area contributed by atoms with Crippen molar-refractivity contribution in [2.24, 2.45) is 5.92 Å². The number of hydrogen-bond donors (Lipinski definition) is 0. The fourth-order valence-corrected chi connectivity index (χ4v) is 2.16. The molecule has 0 N–H and O–H groups in total. The molecule has 1 fully saturated rings. The fourth-order valence-electron chi connectivity index (χ4n) is 1.74. The maximum absolute atomic E-state index is 11.5. The molecule has 1 rings (SSSR count). The van der Waals surface area contributed by atoms with Crippen LogP contribution in [-0.4, -0.2) is 35.9 Å². The molecule has 2 nitrogen and oxygen atoms in total. The SMILES string of the molecule is CCC1CC(=O)N(CCCSC)C1. The molecule has 76 valence electrons. The Morgan fingerprint density at radius 2 is 2.38 bits per heavy atom. The van der Waals surface area contributed by atoms with Crippen molar-refractivity contribution in [2.45, 2.75) is 26.2 Å². The first kappa shape index (κ1) is 10.9. The molecule has 1 aliphatic heterocycles. The van der Waals surface area contributed by atoms with E-state index in [0.29, 0.717) is 11.8 Å². The minimum Gasteiger partial charge on any atom is -0.342 e. The smallest absolute Gasteiger partial charge is 0.222 e. The van der Waals surface area contributed by atoms with E-state index in [1.807, 2.05) is 16.7 Å². The molecule has 1 heterocycles. The van der Waals surface area contributed by atoms with Gasteiger partial charge in [-0.2, -0.15) is 11.8 Å². The molecule has 3 heteroatoms. The standard InChI is InChI=1S/C10H19NOS/c1-3-9-7-10(12)11(8-9)5-4-6-13-2/h9H,3-8H2,1-2H3. The second-order valence-electron chi connectivity index (χ2n) is 3.66. The topological polar surface area (TPSA) is 20.3 Å². The molecular formula is C10H19NOS. The van der Waals surface area contributed by atoms with Crippen molar-refractivity contribution in [1.29, 1.82) is 0 Å². The Hall–Kier alpha value is -0.180. The molecule has 1 aliphatic rings. The van der Waals surface area contributed by atoms with E-state index in [0.717, 1.165) is 32.4 Å². The lowest BCUT2D eigenvalue weighted by Gasteiger charge is -2.15. The lowest BCUT2D eigenvalue weighted by atomic mass is 10.1. The predicted octanol–water partition coefficient (Wildman–Crippen LogP) is 2.00. The van der Waals surface area contributed by atoms with E-state index in [1.54, 1.807) is 0 Å². The Morgan fingerprint density at radius 3 is 2.92 bits per heavy atom. The molecule has 13 heavy (non-hydrogen) atoms. The third-order valence-corrected chi connectivity index (χ3v) is 3.35. The van der Waals surface area contributed by atoms with Crippen LogP contribution in [0.25, 0.3) is 0 Å². The zero-order valence-corrected chi connectivity index (χ0v) is 9.40. The van der Waals surface area contributed by atoms with E-state index in [2.05, 4.69) is 13.2 Å². The first-order chi connectivity index (χ1) is 6.27. The van der Waals surface area contributed by atoms with Gasteiger partial charge in [-0.15, -0.1) is 0 Å². The van der Waals surface area contributed by atoms with Crippen molar-refractivity contribution < 1.29 is 4.79 Å². The van der Waals surface area contributed by atoms with Gasteiger partial charge in [0.1, 0.15) is 0 Å². The van der Waals surface area contributed by atoms with E-state index < -0.39 is 0 Å². The lowest BCUT2D eigenvalue weighted by molar-refractivity contribution is -0.127. The summed E-state index contributed by atoms with van der Waals surface area (Å²) in [5.41, 5.74) is 0. The van der Waals surface area contributed by atoms with Gasteiger partial charge in [-0.1, -0.05) is 13.3 Å². The van der Waals surface area contributed by atoms with Crippen LogP contribution in [0.4, 0.5) is 0 Å². The van der Waals surface area contributed by atoms with Crippen LogP contribution >= 0.6 is 11.8 Å². The number of amides is 1. The summed E-state index contributed by atoms with van der Waals surface area (Å²) in [4.78, 5) is 13.5. The zero-order chi connectivity index (χ0) is 9.68. The van der Waals surface area contributed by atoms with Gasteiger partial charge in [0.2, 0.25) is 5.91 Å². The Balaban J connectivity index is 2.23. The van der Waals surface area contributed by atoms with Crippen molar-refractivity contribution >= 4 is 17.7 Å². The van der Waals surface area contributed by atoms with E-state index in [-0.39, 0.29) is 0 Å². The van der Waals surface area contributed by atoms with Crippen LogP contribution in [-0.2, 0) is 4.79 Å². The van der Waals surface area contributed by atoms with Crippen molar-refractivity contribution in [3.05, 3.63) is 0 Å². The van der Waals surface area contributed by atoms with Crippen LogP contribution in [0.2, 0.25) is 0 Å². The largest absolute Gasteiger partial charge is 0.342 e. The van der Waals surface area contributed by atoms with Crippen LogP contribution in [0.5, 0.6) is 0 Å². The molecule has 0 radical (unpaired) electrons. The molecule has 1 saturated heterocycles. The van der Waals surface area contributed by atoms with Crippen molar-refractivity contribution in [3.63, 3.8) is 0 Å². The number of carbonyl (C=O) groups excluding carboxylic acids is 1. The van der Waals surface area contributed by atoms with Crippen LogP contribution in [0, 0.1) is 5.92 Å². The average Bonchev–Trinajstić information content (AvgIpc) is 2.48. The van der Waals surface area contributed by atoms with E-state index in [4.69, 9.17) is 0 Å². The fraction of sp³-hybridized carbons (Fsp3) is 0.900. The number of nitrogens with zero attached hydrogens (tertiary/aromatic N) is 1. The summed E-state index contributed by atoms with van der Waals surface area (Å²) < 4.78 is 0. The summed E-state index contributed by atoms with van der Waals surface area (Å²) >= 11 is 1.85. The summed E-state index contributed by atoms with van der Waals surface area (Å²) in [6, 6.07) is 0. The highest BCUT2D eigenvalue weighted by Crippen LogP contribution is 2.20. The van der Waals surface area contributed by atoms with Crippen molar-refractivity contribution in [2.75, 3.05) is 25.1 Å². The van der Waals surface area contributed by atoms with Crippen LogP contribution < -0.4 is 0 Å². The molecule has 0 aromatic rings. The number of rotatable bonds is 5. The second-order valence-corrected chi connectivity index (χ2v) is 4.65. The summed E-state index contributed by atoms with van der Waals surface area (Å²) in [6.45, 7) is 4.14. The zero-order valence-electron chi connectivity index (χ0n) is 8.58. The number of thioether (sulfide) groups is 1. The molecule has 1 atom stereocenters. The number of likely N-dealkylation sites (tertiary alicyclic amines) is 1. The Bertz CT molecular complexity index is 172. The third-order valence-electron chi connectivity index (χ3n) is 2.65. The highest BCUT2D eigenvalue weighted by Gasteiger charge is 2.27. The molecular weight excluding hydrogens is 182 g/mol. The minimum absolute atomic E-state index is 0.368. The molecule has 0 aromatic heterocycles. The summed E-state index contributed by atoms with van der Waals surface area (Å²) in [5.74, 6) is 2.16. The predicted molar refractivity (Wildman–Crippen MR) is 58.0 cm³/mol. The highest BCUT2D eigenvalue weighted by atomic mass is 32.2. The van der Waals surface area contributed by atoms with Crippen molar-refractivity contribution in [1.82, 2.24) is 4.90 Å². The molecule has 0 aliphatic carbocycles. The van der Waals surface area contributed by atoms with Crippen LogP contribution in [0.3, 0.4) is 0 Å². The van der Waals surface area contributed by atoms with Gasteiger partial charge in [0.05, 0.1) is 0 Å². The number of carbonyl (C=O) groups is 1. The molecule has 0 saturated carbocycles. The van der Waals surface area contributed by atoms with E-state index in [1.165, 1.54) is 5.75 Å². The van der Waals surface area contributed by atoms with Crippen LogP contribution in [0.15, 0.2) is 0 Å². The first-order valence-electron chi connectivity index (χ1n) is 5.04. The molecule has 0 aromatic carbocycles. The van der Waals surface area contributed by atoms with Crippen LogP contribution in [0.1, 0.15) is 26.2 Å². The van der Waals surface area contributed by atoms with Gasteiger partial charge in [0.25, 0.3) is 0 Å². The summed E-state index contributed by atoms with van der Waals surface area (Å²) in [7, 11) is 0. The maximum atomic E-state index is 11.5. The lowest BCUT2D eigenvalue weighted by Crippen LogP contribution is -2.26. The summed E-state index contributed by atoms with van der Waals surface area (Å²) in [6.07, 6.45) is 5.19. The first-order valence-corrected chi connectivity index (χ1v) is 6.44. The van der Waals surface area contributed by atoms with Crippen molar-refractivity contribution in [3.8, 4) is 0 Å². The van der Waals surface area contributed by atoms with Gasteiger partial charge < -0.3 is 4.90 Å². The Kier molecular flexibility index (Phi) is 4.64. The quantitative estimate of drug-likeness (QED) is 0.634. The van der Waals surface area contributed by atoms with Gasteiger partial charge >= 0.3 is 0 Å². The molecule has 1 amide bonds. The van der Waals surface area contributed by atoms with E-state index >= 15 is 0 Å².